The van der Waals surface area contributed by atoms with Crippen LogP contribution in [0.5, 0.6) is 0 Å². The molecule has 11 heteroatoms. The fourth-order valence-corrected chi connectivity index (χ4v) is 3.20. The minimum absolute atomic E-state index is 0.0731. The third-order valence-corrected chi connectivity index (χ3v) is 4.73. The molecule has 0 radical (unpaired) electrons. The number of hydrazine groups is 1. The van der Waals surface area contributed by atoms with Gasteiger partial charge in [0, 0.05) is 18.3 Å². The highest BCUT2D eigenvalue weighted by atomic mass is 79.9. The molecule has 3 rings (SSSR count). The van der Waals surface area contributed by atoms with E-state index in [0.717, 1.165) is 12.1 Å². The first kappa shape index (κ1) is 23.3. The van der Waals surface area contributed by atoms with Gasteiger partial charge in [0.25, 0.3) is 0 Å². The lowest BCUT2D eigenvalue weighted by Gasteiger charge is -2.26. The molecular formula is C21H17BrF3N5O2. The summed E-state index contributed by atoms with van der Waals surface area (Å²) in [4.78, 5) is 20.8. The quantitative estimate of drug-likeness (QED) is 0.461. The van der Waals surface area contributed by atoms with Crippen LogP contribution in [0.15, 0.2) is 51.5 Å². The van der Waals surface area contributed by atoms with E-state index in [1.54, 1.807) is 0 Å². The van der Waals surface area contributed by atoms with Gasteiger partial charge in [-0.3, -0.25) is 15.2 Å². The highest BCUT2D eigenvalue weighted by Gasteiger charge is 2.30. The smallest absolute Gasteiger partial charge is 0.416 e. The number of hydrogen-bond acceptors (Lipinski definition) is 6. The average Bonchev–Trinajstić information content (AvgIpc) is 3.23. The number of anilines is 1. The van der Waals surface area contributed by atoms with Crippen LogP contribution in [0.4, 0.5) is 19.0 Å². The number of halogens is 4. The summed E-state index contributed by atoms with van der Waals surface area (Å²) < 4.78 is 44.9. The van der Waals surface area contributed by atoms with Crippen molar-refractivity contribution < 1.29 is 22.4 Å². The van der Waals surface area contributed by atoms with Crippen LogP contribution >= 0.6 is 15.9 Å². The maximum absolute atomic E-state index is 13.0. The SMILES string of the molecule is CC(C)CN(NC(=O)c1ccc(-c2cccc(C(F)(F)F)c2)o1)c1nc(C#N)ncc1Br. The monoisotopic (exact) mass is 507 g/mol. The van der Waals surface area contributed by atoms with Gasteiger partial charge >= 0.3 is 12.1 Å². The summed E-state index contributed by atoms with van der Waals surface area (Å²) in [5, 5.41) is 10.5. The van der Waals surface area contributed by atoms with E-state index in [1.807, 2.05) is 19.9 Å². The van der Waals surface area contributed by atoms with Gasteiger partial charge in [-0.1, -0.05) is 26.0 Å². The van der Waals surface area contributed by atoms with Crippen LogP contribution in [0.1, 0.15) is 35.8 Å². The van der Waals surface area contributed by atoms with Crippen molar-refractivity contribution in [3.05, 3.63) is 64.2 Å². The molecule has 2 heterocycles. The largest absolute Gasteiger partial charge is 0.451 e. The topological polar surface area (TPSA) is 95.0 Å². The van der Waals surface area contributed by atoms with Crippen molar-refractivity contribution in [1.82, 2.24) is 15.4 Å². The van der Waals surface area contributed by atoms with E-state index in [9.17, 15) is 18.0 Å². The second-order valence-corrected chi connectivity index (χ2v) is 8.02. The molecular weight excluding hydrogens is 491 g/mol. The minimum atomic E-state index is -4.49. The summed E-state index contributed by atoms with van der Waals surface area (Å²) in [7, 11) is 0. The first-order chi connectivity index (χ1) is 15.1. The number of carbonyl (C=O) groups is 1. The second kappa shape index (κ2) is 9.40. The van der Waals surface area contributed by atoms with Crippen molar-refractivity contribution in [2.75, 3.05) is 11.6 Å². The molecule has 2 aromatic heterocycles. The molecule has 0 atom stereocenters. The molecule has 0 fully saturated rings. The van der Waals surface area contributed by atoms with E-state index >= 15 is 0 Å². The van der Waals surface area contributed by atoms with Gasteiger partial charge in [0.2, 0.25) is 5.82 Å². The van der Waals surface area contributed by atoms with Crippen molar-refractivity contribution in [1.29, 1.82) is 5.26 Å². The van der Waals surface area contributed by atoms with E-state index in [-0.39, 0.29) is 34.6 Å². The van der Waals surface area contributed by atoms with Gasteiger partial charge < -0.3 is 4.42 Å². The molecule has 0 aliphatic rings. The number of hydrogen-bond donors (Lipinski definition) is 1. The molecule has 0 saturated heterocycles. The van der Waals surface area contributed by atoms with Crippen molar-refractivity contribution >= 4 is 27.7 Å². The molecule has 0 saturated carbocycles. The Labute approximate surface area is 190 Å². The van der Waals surface area contributed by atoms with E-state index in [0.29, 0.717) is 11.0 Å². The number of amides is 1. The van der Waals surface area contributed by atoms with Crippen LogP contribution < -0.4 is 10.4 Å². The zero-order chi connectivity index (χ0) is 23.5. The van der Waals surface area contributed by atoms with Gasteiger partial charge in [-0.15, -0.1) is 0 Å². The zero-order valence-corrected chi connectivity index (χ0v) is 18.5. The minimum Gasteiger partial charge on any atom is -0.451 e. The lowest BCUT2D eigenvalue weighted by Crippen LogP contribution is -2.45. The maximum atomic E-state index is 13.0. The molecule has 32 heavy (non-hydrogen) atoms. The van der Waals surface area contributed by atoms with Gasteiger partial charge in [-0.05, 0) is 46.1 Å². The van der Waals surface area contributed by atoms with Gasteiger partial charge in [0.1, 0.15) is 11.8 Å². The molecule has 0 spiro atoms. The van der Waals surface area contributed by atoms with Gasteiger partial charge in [-0.2, -0.15) is 23.4 Å². The molecule has 0 bridgehead atoms. The Morgan fingerprint density at radius 3 is 2.72 bits per heavy atom. The lowest BCUT2D eigenvalue weighted by atomic mass is 10.1. The van der Waals surface area contributed by atoms with Crippen LogP contribution in [-0.2, 0) is 6.18 Å². The Morgan fingerprint density at radius 2 is 2.06 bits per heavy atom. The number of benzene rings is 1. The van der Waals surface area contributed by atoms with Crippen molar-refractivity contribution in [2.45, 2.75) is 20.0 Å². The molecule has 0 aliphatic heterocycles. The molecule has 0 unspecified atom stereocenters. The van der Waals surface area contributed by atoms with E-state index in [4.69, 9.17) is 9.68 Å². The highest BCUT2D eigenvalue weighted by Crippen LogP contribution is 2.32. The van der Waals surface area contributed by atoms with Crippen LogP contribution in [0, 0.1) is 17.2 Å². The standard InChI is InChI=1S/C21H17BrF3N5O2/c1-12(2)11-30(19-15(22)10-27-18(9-26)28-19)29-20(31)17-7-6-16(32-17)13-4-3-5-14(8-13)21(23,24)25/h3-8,10,12H,11H2,1-2H3,(H,29,31). The van der Waals surface area contributed by atoms with Crippen molar-refractivity contribution in [2.24, 2.45) is 5.92 Å². The predicted octanol–water partition coefficient (Wildman–Crippen LogP) is 5.20. The summed E-state index contributed by atoms with van der Waals surface area (Å²) in [5.41, 5.74) is 2.04. The van der Waals surface area contributed by atoms with Gasteiger partial charge in [0.05, 0.1) is 10.0 Å². The Morgan fingerprint density at radius 1 is 1.31 bits per heavy atom. The Kier molecular flexibility index (Phi) is 6.84. The third kappa shape index (κ3) is 5.45. The molecule has 166 valence electrons. The maximum Gasteiger partial charge on any atom is 0.416 e. The average molecular weight is 508 g/mol. The number of carbonyl (C=O) groups excluding carboxylic acids is 1. The third-order valence-electron chi connectivity index (χ3n) is 4.17. The Bertz CT molecular complexity index is 1170. The van der Waals surface area contributed by atoms with Gasteiger partial charge in [0.15, 0.2) is 11.6 Å². The number of aromatic nitrogens is 2. The lowest BCUT2D eigenvalue weighted by molar-refractivity contribution is -0.137. The zero-order valence-electron chi connectivity index (χ0n) is 16.9. The fraction of sp³-hybridized carbons (Fsp3) is 0.238. The van der Waals surface area contributed by atoms with Crippen molar-refractivity contribution in [3.63, 3.8) is 0 Å². The number of alkyl halides is 3. The normalized spacial score (nSPS) is 11.3. The number of furan rings is 1. The molecule has 1 amide bonds. The van der Waals surface area contributed by atoms with Crippen LogP contribution in [0.25, 0.3) is 11.3 Å². The predicted molar refractivity (Wildman–Crippen MR) is 113 cm³/mol. The first-order valence-electron chi connectivity index (χ1n) is 9.37. The Balaban J connectivity index is 1.86. The Hall–Kier alpha value is -3.39. The molecule has 1 N–H and O–H groups in total. The molecule has 3 aromatic rings. The van der Waals surface area contributed by atoms with Crippen LogP contribution in [0.2, 0.25) is 0 Å². The highest BCUT2D eigenvalue weighted by molar-refractivity contribution is 9.10. The fourth-order valence-electron chi connectivity index (χ4n) is 2.79. The molecule has 1 aromatic carbocycles. The van der Waals surface area contributed by atoms with Crippen molar-refractivity contribution in [3.8, 4) is 17.4 Å². The molecule has 7 nitrogen and oxygen atoms in total. The van der Waals surface area contributed by atoms with Crippen LogP contribution in [0.3, 0.4) is 0 Å². The number of nitriles is 1. The first-order valence-corrected chi connectivity index (χ1v) is 10.2. The number of nitrogens with zero attached hydrogens (tertiary/aromatic N) is 4. The second-order valence-electron chi connectivity index (χ2n) is 7.16. The number of nitrogens with one attached hydrogen (secondary N) is 1. The van der Waals surface area contributed by atoms with Crippen LogP contribution in [-0.4, -0.2) is 22.4 Å². The van der Waals surface area contributed by atoms with E-state index in [2.05, 4.69) is 31.3 Å². The summed E-state index contributed by atoms with van der Waals surface area (Å²) >= 11 is 3.31. The molecule has 0 aliphatic carbocycles. The summed E-state index contributed by atoms with van der Waals surface area (Å²) in [6, 6.07) is 9.27. The summed E-state index contributed by atoms with van der Waals surface area (Å²) in [6.07, 6.45) is -3.09. The van der Waals surface area contributed by atoms with E-state index in [1.165, 1.54) is 35.5 Å². The summed E-state index contributed by atoms with van der Waals surface area (Å²) in [5.74, 6) is -0.296. The van der Waals surface area contributed by atoms with Gasteiger partial charge in [-0.25, -0.2) is 4.98 Å². The van der Waals surface area contributed by atoms with E-state index < -0.39 is 17.6 Å². The number of rotatable bonds is 6. The summed E-state index contributed by atoms with van der Waals surface area (Å²) in [6.45, 7) is 4.21.